The molecule has 130 valence electrons. The molecule has 2 aromatic rings. The quantitative estimate of drug-likeness (QED) is 0.517. The number of aromatic nitrogens is 2. The summed E-state index contributed by atoms with van der Waals surface area (Å²) in [6, 6.07) is 10.2. The van der Waals surface area contributed by atoms with Gasteiger partial charge in [-0.15, -0.1) is 0 Å². The highest BCUT2D eigenvalue weighted by molar-refractivity contribution is 7.80. The average Bonchev–Trinajstić information content (AvgIpc) is 2.85. The van der Waals surface area contributed by atoms with Gasteiger partial charge in [0.15, 0.2) is 5.11 Å². The number of hydrogen-bond donors (Lipinski definition) is 3. The number of nitrogens with one attached hydrogen (secondary N) is 3. The average molecular weight is 347 g/mol. The maximum Gasteiger partial charge on any atom is 0.166 e. The number of quaternary nitrogens is 1. The lowest BCUT2D eigenvalue weighted by Crippen LogP contribution is -3.05. The summed E-state index contributed by atoms with van der Waals surface area (Å²) >= 11 is 5.36. The first-order valence-electron chi connectivity index (χ1n) is 8.40. The summed E-state index contributed by atoms with van der Waals surface area (Å²) in [5.74, 6) is 0. The molecule has 3 N–H and O–H groups in total. The van der Waals surface area contributed by atoms with Crippen molar-refractivity contribution >= 4 is 17.3 Å². The molecule has 0 aliphatic heterocycles. The zero-order valence-electron chi connectivity index (χ0n) is 15.0. The van der Waals surface area contributed by atoms with Gasteiger partial charge < -0.3 is 15.5 Å². The summed E-state index contributed by atoms with van der Waals surface area (Å²) in [6.45, 7) is 6.87. The lowest BCUT2D eigenvalue weighted by Gasteiger charge is -2.12. The molecule has 0 saturated carbocycles. The fourth-order valence-electron chi connectivity index (χ4n) is 2.63. The molecular formula is C18H28N5S+. The van der Waals surface area contributed by atoms with Crippen molar-refractivity contribution in [2.45, 2.75) is 26.8 Å². The number of thiocarbonyl (C=S) groups is 1. The van der Waals surface area contributed by atoms with E-state index in [9.17, 15) is 0 Å². The highest BCUT2D eigenvalue weighted by Crippen LogP contribution is 2.17. The third-order valence-corrected chi connectivity index (χ3v) is 4.30. The van der Waals surface area contributed by atoms with Crippen molar-refractivity contribution < 1.29 is 4.90 Å². The Kier molecular flexibility index (Phi) is 6.75. The van der Waals surface area contributed by atoms with E-state index < -0.39 is 0 Å². The predicted octanol–water partition coefficient (Wildman–Crippen LogP) is 0.988. The van der Waals surface area contributed by atoms with Gasteiger partial charge in [-0.25, -0.2) is 4.68 Å². The molecule has 0 atom stereocenters. The number of nitrogens with zero attached hydrogens (tertiary/aromatic N) is 2. The standard InChI is InChI=1S/C18H27N5S/c1-14-17(13-20-18(24)19-11-8-12-22(3)4)15(2)23(21-14)16-9-6-5-7-10-16/h5-7,9-10H,8,11-13H2,1-4H3,(H2,19,20,24)/p+1. The third-order valence-electron chi connectivity index (χ3n) is 4.01. The molecule has 0 amide bonds. The zero-order valence-corrected chi connectivity index (χ0v) is 15.8. The van der Waals surface area contributed by atoms with E-state index in [-0.39, 0.29) is 0 Å². The summed E-state index contributed by atoms with van der Waals surface area (Å²) in [5, 5.41) is 11.9. The van der Waals surface area contributed by atoms with E-state index in [4.69, 9.17) is 12.2 Å². The van der Waals surface area contributed by atoms with Gasteiger partial charge in [-0.3, -0.25) is 0 Å². The molecule has 2 rings (SSSR count). The van der Waals surface area contributed by atoms with Crippen molar-refractivity contribution in [3.05, 3.63) is 47.3 Å². The fourth-order valence-corrected chi connectivity index (χ4v) is 2.80. The van der Waals surface area contributed by atoms with Crippen LogP contribution in [0.3, 0.4) is 0 Å². The molecule has 1 heterocycles. The number of benzene rings is 1. The molecule has 5 nitrogen and oxygen atoms in total. The van der Waals surface area contributed by atoms with Gasteiger partial charge in [0, 0.05) is 30.8 Å². The third kappa shape index (κ3) is 5.04. The van der Waals surface area contributed by atoms with Crippen LogP contribution in [0.2, 0.25) is 0 Å². The van der Waals surface area contributed by atoms with Crippen LogP contribution in [-0.2, 0) is 6.54 Å². The van der Waals surface area contributed by atoms with E-state index in [1.165, 1.54) is 10.5 Å². The first-order valence-corrected chi connectivity index (χ1v) is 8.81. The van der Waals surface area contributed by atoms with Crippen LogP contribution >= 0.6 is 12.2 Å². The molecule has 24 heavy (non-hydrogen) atoms. The Balaban J connectivity index is 1.91. The first kappa shape index (κ1) is 18.4. The number of para-hydroxylation sites is 1. The Hall–Kier alpha value is -1.92. The van der Waals surface area contributed by atoms with Crippen molar-refractivity contribution in [1.29, 1.82) is 0 Å². The second-order valence-electron chi connectivity index (χ2n) is 6.32. The Bertz CT molecular complexity index is 664. The molecule has 1 aromatic carbocycles. The second kappa shape index (κ2) is 8.80. The Labute approximate surface area is 150 Å². The van der Waals surface area contributed by atoms with Crippen LogP contribution < -0.4 is 15.5 Å². The van der Waals surface area contributed by atoms with Gasteiger partial charge in [-0.05, 0) is 38.2 Å². The van der Waals surface area contributed by atoms with Crippen LogP contribution in [-0.4, -0.2) is 42.1 Å². The number of aryl methyl sites for hydroxylation is 1. The van der Waals surface area contributed by atoms with Crippen LogP contribution in [0.25, 0.3) is 5.69 Å². The molecule has 0 fully saturated rings. The molecule has 0 unspecified atom stereocenters. The minimum Gasteiger partial charge on any atom is -0.363 e. The number of hydrogen-bond acceptors (Lipinski definition) is 2. The highest BCUT2D eigenvalue weighted by Gasteiger charge is 2.12. The number of rotatable bonds is 7. The summed E-state index contributed by atoms with van der Waals surface area (Å²) in [5.41, 5.74) is 4.45. The van der Waals surface area contributed by atoms with Gasteiger partial charge >= 0.3 is 0 Å². The summed E-state index contributed by atoms with van der Waals surface area (Å²) < 4.78 is 1.99. The topological polar surface area (TPSA) is 46.3 Å². The van der Waals surface area contributed by atoms with Gasteiger partial charge in [0.25, 0.3) is 0 Å². The lowest BCUT2D eigenvalue weighted by atomic mass is 10.2. The van der Waals surface area contributed by atoms with Crippen LogP contribution in [0.4, 0.5) is 0 Å². The zero-order chi connectivity index (χ0) is 17.5. The van der Waals surface area contributed by atoms with E-state index in [0.717, 1.165) is 36.6 Å². The first-order chi connectivity index (χ1) is 11.5. The molecule has 0 aliphatic rings. The monoisotopic (exact) mass is 346 g/mol. The van der Waals surface area contributed by atoms with E-state index in [1.807, 2.05) is 29.8 Å². The molecule has 6 heteroatoms. The smallest absolute Gasteiger partial charge is 0.166 e. The van der Waals surface area contributed by atoms with E-state index in [1.54, 1.807) is 0 Å². The largest absolute Gasteiger partial charge is 0.363 e. The van der Waals surface area contributed by atoms with Crippen LogP contribution in [0.1, 0.15) is 23.4 Å². The highest BCUT2D eigenvalue weighted by atomic mass is 32.1. The minimum absolute atomic E-state index is 0.690. The molecule has 0 spiro atoms. The van der Waals surface area contributed by atoms with Gasteiger partial charge in [0.2, 0.25) is 0 Å². The Morgan fingerprint density at radius 2 is 1.88 bits per heavy atom. The van der Waals surface area contributed by atoms with E-state index in [0.29, 0.717) is 11.7 Å². The second-order valence-corrected chi connectivity index (χ2v) is 6.73. The molecule has 0 bridgehead atoms. The fraction of sp³-hybridized carbons (Fsp3) is 0.444. The molecule has 1 aromatic heterocycles. The normalized spacial score (nSPS) is 10.9. The van der Waals surface area contributed by atoms with Crippen molar-refractivity contribution in [3.63, 3.8) is 0 Å². The Morgan fingerprint density at radius 3 is 2.54 bits per heavy atom. The van der Waals surface area contributed by atoms with Crippen LogP contribution in [0.15, 0.2) is 30.3 Å². The van der Waals surface area contributed by atoms with Crippen molar-refractivity contribution in [3.8, 4) is 5.69 Å². The van der Waals surface area contributed by atoms with Gasteiger partial charge in [0.05, 0.1) is 32.0 Å². The maximum absolute atomic E-state index is 5.36. The predicted molar refractivity (Wildman–Crippen MR) is 103 cm³/mol. The van der Waals surface area contributed by atoms with Crippen molar-refractivity contribution in [2.24, 2.45) is 0 Å². The Morgan fingerprint density at radius 1 is 1.17 bits per heavy atom. The molecule has 0 radical (unpaired) electrons. The van der Waals surface area contributed by atoms with Crippen LogP contribution in [0.5, 0.6) is 0 Å². The maximum atomic E-state index is 5.36. The summed E-state index contributed by atoms with van der Waals surface area (Å²) in [6.07, 6.45) is 1.11. The van der Waals surface area contributed by atoms with Gasteiger partial charge in [0.1, 0.15) is 0 Å². The summed E-state index contributed by atoms with van der Waals surface area (Å²) in [7, 11) is 4.32. The molecule has 0 saturated heterocycles. The van der Waals surface area contributed by atoms with Gasteiger partial charge in [-0.2, -0.15) is 5.10 Å². The van der Waals surface area contributed by atoms with Crippen molar-refractivity contribution in [2.75, 3.05) is 27.2 Å². The minimum atomic E-state index is 0.690. The summed E-state index contributed by atoms with van der Waals surface area (Å²) in [4.78, 5) is 1.45. The lowest BCUT2D eigenvalue weighted by molar-refractivity contribution is -0.858. The molecular weight excluding hydrogens is 318 g/mol. The van der Waals surface area contributed by atoms with E-state index in [2.05, 4.69) is 48.9 Å². The van der Waals surface area contributed by atoms with E-state index >= 15 is 0 Å². The van der Waals surface area contributed by atoms with Crippen LogP contribution in [0, 0.1) is 13.8 Å². The van der Waals surface area contributed by atoms with Crippen molar-refractivity contribution in [1.82, 2.24) is 20.4 Å². The molecule has 0 aliphatic carbocycles. The van der Waals surface area contributed by atoms with Gasteiger partial charge in [-0.1, -0.05) is 18.2 Å². The SMILES string of the molecule is Cc1nn(-c2ccccc2)c(C)c1CNC(=S)NCCC[NH+](C)C.